The second kappa shape index (κ2) is 7.33. The highest BCUT2D eigenvalue weighted by molar-refractivity contribution is 7.99. The Bertz CT molecular complexity index is 489. The van der Waals surface area contributed by atoms with Gasteiger partial charge in [-0.15, -0.1) is 11.8 Å². The van der Waals surface area contributed by atoms with Crippen LogP contribution in [-0.2, 0) is 0 Å². The summed E-state index contributed by atoms with van der Waals surface area (Å²) in [4.78, 5) is 1.34. The van der Waals surface area contributed by atoms with Gasteiger partial charge in [0.05, 0.1) is 6.07 Å². The highest BCUT2D eigenvalue weighted by atomic mass is 32.2. The van der Waals surface area contributed by atoms with Crippen LogP contribution < -0.4 is 5.32 Å². The molecular weight excluding hydrogens is 276 g/mol. The van der Waals surface area contributed by atoms with Crippen LogP contribution in [0.1, 0.15) is 51.0 Å². The van der Waals surface area contributed by atoms with Crippen LogP contribution in [0.15, 0.2) is 29.2 Å². The average molecular weight is 302 g/mol. The molecule has 21 heavy (non-hydrogen) atoms. The Kier molecular flexibility index (Phi) is 5.72. The Balaban J connectivity index is 1.85. The van der Waals surface area contributed by atoms with Crippen molar-refractivity contribution in [2.75, 3.05) is 12.8 Å². The first-order valence-electron chi connectivity index (χ1n) is 7.94. The lowest BCUT2D eigenvalue weighted by molar-refractivity contribution is 0.332. The van der Waals surface area contributed by atoms with Crippen LogP contribution in [0.5, 0.6) is 0 Å². The van der Waals surface area contributed by atoms with Gasteiger partial charge in [0.25, 0.3) is 0 Å². The van der Waals surface area contributed by atoms with Gasteiger partial charge < -0.3 is 5.32 Å². The Labute approximate surface area is 133 Å². The quantitative estimate of drug-likeness (QED) is 0.782. The van der Waals surface area contributed by atoms with Gasteiger partial charge >= 0.3 is 0 Å². The van der Waals surface area contributed by atoms with Crippen LogP contribution >= 0.6 is 11.8 Å². The highest BCUT2D eigenvalue weighted by Gasteiger charge is 2.41. The summed E-state index contributed by atoms with van der Waals surface area (Å²) in [5.74, 6) is 2.18. The Morgan fingerprint density at radius 3 is 2.67 bits per heavy atom. The number of nitrogens with zero attached hydrogens (tertiary/aromatic N) is 1. The Morgan fingerprint density at radius 1 is 1.38 bits per heavy atom. The monoisotopic (exact) mass is 302 g/mol. The van der Waals surface area contributed by atoms with E-state index in [2.05, 4.69) is 49.5 Å². The zero-order chi connectivity index (χ0) is 15.3. The molecule has 0 aromatic heterocycles. The van der Waals surface area contributed by atoms with Crippen molar-refractivity contribution in [1.82, 2.24) is 5.32 Å². The lowest BCUT2D eigenvalue weighted by Crippen LogP contribution is -2.44. The fraction of sp³-hybridized carbons (Fsp3) is 0.611. The summed E-state index contributed by atoms with van der Waals surface area (Å²) >= 11 is 1.91. The minimum Gasteiger partial charge on any atom is -0.302 e. The molecule has 1 saturated carbocycles. The fourth-order valence-electron chi connectivity index (χ4n) is 3.27. The van der Waals surface area contributed by atoms with Crippen molar-refractivity contribution in [3.05, 3.63) is 29.8 Å². The normalized spacial score (nSPS) is 25.2. The van der Waals surface area contributed by atoms with Gasteiger partial charge in [-0.3, -0.25) is 0 Å². The van der Waals surface area contributed by atoms with E-state index in [0.29, 0.717) is 11.8 Å². The maximum Gasteiger partial charge on any atom is 0.109 e. The van der Waals surface area contributed by atoms with E-state index in [1.807, 2.05) is 18.8 Å². The zero-order valence-electron chi connectivity index (χ0n) is 13.4. The van der Waals surface area contributed by atoms with Crippen LogP contribution in [-0.4, -0.2) is 18.3 Å². The molecule has 2 unspecified atom stereocenters. The maximum absolute atomic E-state index is 9.47. The minimum absolute atomic E-state index is 0.276. The number of rotatable bonds is 6. The summed E-state index contributed by atoms with van der Waals surface area (Å²) < 4.78 is 0. The number of nitriles is 1. The molecular formula is C18H26N2S. The van der Waals surface area contributed by atoms with E-state index >= 15 is 0 Å². The van der Waals surface area contributed by atoms with Crippen molar-refractivity contribution >= 4 is 11.8 Å². The van der Waals surface area contributed by atoms with E-state index in [1.165, 1.54) is 23.3 Å². The van der Waals surface area contributed by atoms with Crippen LogP contribution in [0.4, 0.5) is 0 Å². The minimum atomic E-state index is -0.276. The second-order valence-corrected chi connectivity index (χ2v) is 7.45. The summed E-state index contributed by atoms with van der Waals surface area (Å²) in [7, 11) is 1.93. The smallest absolute Gasteiger partial charge is 0.109 e. The van der Waals surface area contributed by atoms with Gasteiger partial charge in [-0.05, 0) is 61.6 Å². The second-order valence-electron chi connectivity index (χ2n) is 6.28. The van der Waals surface area contributed by atoms with Gasteiger partial charge in [-0.1, -0.05) is 32.4 Å². The third-order valence-corrected chi connectivity index (χ3v) is 5.79. The molecule has 0 heterocycles. The standard InChI is InChI=1S/C18H26N2S/c1-14(2)15-6-8-17(9-7-15)21-12-10-16-5-4-11-18(16,13-19)20-3/h6-9,14,16,20H,4-5,10-12H2,1-3H3. The predicted molar refractivity (Wildman–Crippen MR) is 90.6 cm³/mol. The molecule has 1 fully saturated rings. The third-order valence-electron chi connectivity index (χ3n) is 4.75. The van der Waals surface area contributed by atoms with Gasteiger partial charge in [0.1, 0.15) is 5.54 Å². The predicted octanol–water partition coefficient (Wildman–Crippen LogP) is 4.57. The Hall–Kier alpha value is -0.980. The van der Waals surface area contributed by atoms with Gasteiger partial charge in [0, 0.05) is 4.90 Å². The van der Waals surface area contributed by atoms with Gasteiger partial charge in [-0.2, -0.15) is 5.26 Å². The van der Waals surface area contributed by atoms with E-state index in [0.717, 1.165) is 18.6 Å². The van der Waals surface area contributed by atoms with Crippen LogP contribution in [0.3, 0.4) is 0 Å². The number of thioether (sulfide) groups is 1. The van der Waals surface area contributed by atoms with E-state index < -0.39 is 0 Å². The Morgan fingerprint density at radius 2 is 2.10 bits per heavy atom. The number of benzene rings is 1. The molecule has 1 aliphatic rings. The molecule has 0 bridgehead atoms. The molecule has 0 spiro atoms. The highest BCUT2D eigenvalue weighted by Crippen LogP contribution is 2.38. The first-order chi connectivity index (χ1) is 10.1. The third kappa shape index (κ3) is 3.81. The molecule has 0 radical (unpaired) electrons. The van der Waals surface area contributed by atoms with Crippen molar-refractivity contribution in [2.24, 2.45) is 5.92 Å². The van der Waals surface area contributed by atoms with Gasteiger partial charge in [0.15, 0.2) is 0 Å². The van der Waals surface area contributed by atoms with Crippen molar-refractivity contribution in [3.8, 4) is 6.07 Å². The SMILES string of the molecule is CNC1(C#N)CCCC1CCSc1ccc(C(C)C)cc1. The van der Waals surface area contributed by atoms with Crippen molar-refractivity contribution < 1.29 is 0 Å². The molecule has 0 aliphatic heterocycles. The van der Waals surface area contributed by atoms with Crippen molar-refractivity contribution in [3.63, 3.8) is 0 Å². The summed E-state index contributed by atoms with van der Waals surface area (Å²) in [5.41, 5.74) is 1.12. The maximum atomic E-state index is 9.47. The largest absolute Gasteiger partial charge is 0.302 e. The van der Waals surface area contributed by atoms with Crippen LogP contribution in [0.2, 0.25) is 0 Å². The van der Waals surface area contributed by atoms with E-state index in [4.69, 9.17) is 0 Å². The molecule has 0 saturated heterocycles. The number of nitrogens with one attached hydrogen (secondary N) is 1. The van der Waals surface area contributed by atoms with Crippen molar-refractivity contribution in [1.29, 1.82) is 5.26 Å². The summed E-state index contributed by atoms with van der Waals surface area (Å²) in [5, 5.41) is 12.7. The molecule has 3 heteroatoms. The number of hydrogen-bond donors (Lipinski definition) is 1. The molecule has 1 aliphatic carbocycles. The molecule has 2 rings (SSSR count). The summed E-state index contributed by atoms with van der Waals surface area (Å²) in [6.45, 7) is 4.45. The topological polar surface area (TPSA) is 35.8 Å². The molecule has 1 aromatic rings. The van der Waals surface area contributed by atoms with E-state index in [1.54, 1.807) is 0 Å². The van der Waals surface area contributed by atoms with Crippen molar-refractivity contribution in [2.45, 2.75) is 55.9 Å². The zero-order valence-corrected chi connectivity index (χ0v) is 14.2. The van der Waals surface area contributed by atoms with E-state index in [-0.39, 0.29) is 5.54 Å². The molecule has 0 amide bonds. The lowest BCUT2D eigenvalue weighted by Gasteiger charge is -2.28. The van der Waals surface area contributed by atoms with Gasteiger partial charge in [0.2, 0.25) is 0 Å². The molecule has 1 N–H and O–H groups in total. The van der Waals surface area contributed by atoms with Crippen LogP contribution in [0, 0.1) is 17.2 Å². The summed E-state index contributed by atoms with van der Waals surface area (Å²) in [6.07, 6.45) is 4.47. The molecule has 2 atom stereocenters. The average Bonchev–Trinajstić information content (AvgIpc) is 2.91. The molecule has 2 nitrogen and oxygen atoms in total. The number of hydrogen-bond acceptors (Lipinski definition) is 3. The first kappa shape index (κ1) is 16.4. The molecule has 114 valence electrons. The first-order valence-corrected chi connectivity index (χ1v) is 8.93. The van der Waals surface area contributed by atoms with Gasteiger partial charge in [-0.25, -0.2) is 0 Å². The van der Waals surface area contributed by atoms with E-state index in [9.17, 15) is 5.26 Å². The summed E-state index contributed by atoms with van der Waals surface area (Å²) in [6, 6.07) is 11.4. The lowest BCUT2D eigenvalue weighted by atomic mass is 9.87. The molecule has 1 aromatic carbocycles. The fourth-order valence-corrected chi connectivity index (χ4v) is 4.24. The van der Waals surface area contributed by atoms with Crippen LogP contribution in [0.25, 0.3) is 0 Å².